The van der Waals surface area contributed by atoms with E-state index in [1.807, 2.05) is 0 Å². The molecule has 2 N–H and O–H groups in total. The van der Waals surface area contributed by atoms with Gasteiger partial charge in [0.1, 0.15) is 5.75 Å². The molecule has 104 valence electrons. The number of nitrogens with one attached hydrogen (secondary N) is 1. The number of ether oxygens (including phenoxy) is 1. The standard InChI is InChI=1S/C14H19NO4/c1-2-3-10-19-12-6-4-11(5-7-12)15-13(16)8-9-14(17)18/h4-7H,2-3,8-10H2,1H3,(H,15,16)(H,17,18). The van der Waals surface area contributed by atoms with E-state index in [9.17, 15) is 9.59 Å². The van der Waals surface area contributed by atoms with Crippen molar-refractivity contribution >= 4 is 17.6 Å². The van der Waals surface area contributed by atoms with Crippen molar-refractivity contribution in [1.82, 2.24) is 0 Å². The van der Waals surface area contributed by atoms with Gasteiger partial charge in [0.15, 0.2) is 0 Å². The van der Waals surface area contributed by atoms with Crippen LogP contribution in [0.2, 0.25) is 0 Å². The zero-order valence-corrected chi connectivity index (χ0v) is 11.0. The number of carbonyl (C=O) groups is 2. The van der Waals surface area contributed by atoms with Gasteiger partial charge < -0.3 is 15.2 Å². The number of hydrogen-bond acceptors (Lipinski definition) is 3. The topological polar surface area (TPSA) is 75.6 Å². The number of amides is 1. The van der Waals surface area contributed by atoms with E-state index < -0.39 is 5.97 Å². The normalized spacial score (nSPS) is 9.95. The zero-order valence-electron chi connectivity index (χ0n) is 11.0. The summed E-state index contributed by atoms with van der Waals surface area (Å²) in [6.07, 6.45) is 1.90. The maximum atomic E-state index is 11.4. The number of rotatable bonds is 8. The Hall–Kier alpha value is -2.04. The molecule has 0 aliphatic rings. The SMILES string of the molecule is CCCCOc1ccc(NC(=O)CCC(=O)O)cc1. The van der Waals surface area contributed by atoms with E-state index in [4.69, 9.17) is 9.84 Å². The van der Waals surface area contributed by atoms with E-state index in [2.05, 4.69) is 12.2 Å². The average Bonchev–Trinajstić information content (AvgIpc) is 2.39. The van der Waals surface area contributed by atoms with Crippen LogP contribution >= 0.6 is 0 Å². The summed E-state index contributed by atoms with van der Waals surface area (Å²) in [6, 6.07) is 7.03. The van der Waals surface area contributed by atoms with Crippen LogP contribution in [0, 0.1) is 0 Å². The van der Waals surface area contributed by atoms with Gasteiger partial charge in [-0.2, -0.15) is 0 Å². The van der Waals surface area contributed by atoms with E-state index in [0.717, 1.165) is 18.6 Å². The maximum Gasteiger partial charge on any atom is 0.303 e. The minimum atomic E-state index is -0.977. The average molecular weight is 265 g/mol. The first-order valence-electron chi connectivity index (χ1n) is 6.36. The number of benzene rings is 1. The summed E-state index contributed by atoms with van der Waals surface area (Å²) in [7, 11) is 0. The number of unbranched alkanes of at least 4 members (excludes halogenated alkanes) is 1. The van der Waals surface area contributed by atoms with Crippen LogP contribution < -0.4 is 10.1 Å². The first-order valence-corrected chi connectivity index (χ1v) is 6.36. The lowest BCUT2D eigenvalue weighted by Crippen LogP contribution is -2.13. The minimum Gasteiger partial charge on any atom is -0.494 e. The van der Waals surface area contributed by atoms with Crippen molar-refractivity contribution in [2.75, 3.05) is 11.9 Å². The lowest BCUT2D eigenvalue weighted by molar-refractivity contribution is -0.138. The van der Waals surface area contributed by atoms with Crippen LogP contribution in [0.3, 0.4) is 0 Å². The Bertz CT molecular complexity index is 414. The van der Waals surface area contributed by atoms with Gasteiger partial charge in [0.25, 0.3) is 0 Å². The van der Waals surface area contributed by atoms with Gasteiger partial charge in [0.2, 0.25) is 5.91 Å². The third-order valence-electron chi connectivity index (χ3n) is 2.47. The molecule has 0 spiro atoms. The van der Waals surface area contributed by atoms with E-state index in [1.165, 1.54) is 0 Å². The van der Waals surface area contributed by atoms with Crippen molar-refractivity contribution in [3.05, 3.63) is 24.3 Å². The Balaban J connectivity index is 2.39. The number of carbonyl (C=O) groups excluding carboxylic acids is 1. The quantitative estimate of drug-likeness (QED) is 0.708. The largest absolute Gasteiger partial charge is 0.494 e. The predicted octanol–water partition coefficient (Wildman–Crippen LogP) is 2.67. The molecule has 1 aromatic carbocycles. The molecule has 0 atom stereocenters. The summed E-state index contributed by atoms with van der Waals surface area (Å²) >= 11 is 0. The predicted molar refractivity (Wildman–Crippen MR) is 72.3 cm³/mol. The van der Waals surface area contributed by atoms with Gasteiger partial charge in [-0.25, -0.2) is 0 Å². The highest BCUT2D eigenvalue weighted by Gasteiger charge is 2.05. The molecule has 1 rings (SSSR count). The van der Waals surface area contributed by atoms with Crippen molar-refractivity contribution in [3.63, 3.8) is 0 Å². The fraction of sp³-hybridized carbons (Fsp3) is 0.429. The second-order valence-corrected chi connectivity index (χ2v) is 4.17. The number of aliphatic carboxylic acids is 1. The molecule has 5 nitrogen and oxygen atoms in total. The van der Waals surface area contributed by atoms with Crippen LogP contribution in [0.25, 0.3) is 0 Å². The smallest absolute Gasteiger partial charge is 0.303 e. The van der Waals surface area contributed by atoms with Gasteiger partial charge in [-0.15, -0.1) is 0 Å². The van der Waals surface area contributed by atoms with E-state index >= 15 is 0 Å². The van der Waals surface area contributed by atoms with Crippen LogP contribution in [-0.4, -0.2) is 23.6 Å². The molecular weight excluding hydrogens is 246 g/mol. The van der Waals surface area contributed by atoms with Gasteiger partial charge >= 0.3 is 5.97 Å². The molecule has 0 aliphatic heterocycles. The molecule has 0 radical (unpaired) electrons. The van der Waals surface area contributed by atoms with E-state index in [0.29, 0.717) is 12.3 Å². The lowest BCUT2D eigenvalue weighted by Gasteiger charge is -2.07. The van der Waals surface area contributed by atoms with Crippen molar-refractivity contribution in [3.8, 4) is 5.75 Å². The molecule has 0 unspecified atom stereocenters. The summed E-state index contributed by atoms with van der Waals surface area (Å²) < 4.78 is 5.49. The van der Waals surface area contributed by atoms with Gasteiger partial charge in [-0.05, 0) is 30.7 Å². The van der Waals surface area contributed by atoms with Crippen LogP contribution in [0.1, 0.15) is 32.6 Å². The first kappa shape index (κ1) is 15.0. The Morgan fingerprint density at radius 2 is 1.89 bits per heavy atom. The Morgan fingerprint density at radius 1 is 1.21 bits per heavy atom. The third kappa shape index (κ3) is 6.45. The van der Waals surface area contributed by atoms with Crippen LogP contribution in [0.5, 0.6) is 5.75 Å². The van der Waals surface area contributed by atoms with E-state index in [1.54, 1.807) is 24.3 Å². The zero-order chi connectivity index (χ0) is 14.1. The highest BCUT2D eigenvalue weighted by molar-refractivity contribution is 5.92. The third-order valence-corrected chi connectivity index (χ3v) is 2.47. The van der Waals surface area contributed by atoms with Crippen LogP contribution in [-0.2, 0) is 9.59 Å². The molecule has 1 amide bonds. The molecule has 0 saturated carbocycles. The summed E-state index contributed by atoms with van der Waals surface area (Å²) in [5.74, 6) is -0.520. The Kier molecular flexibility index (Phi) is 6.43. The highest BCUT2D eigenvalue weighted by atomic mass is 16.5. The van der Waals surface area contributed by atoms with Crippen molar-refractivity contribution in [2.24, 2.45) is 0 Å². The molecule has 0 bridgehead atoms. The van der Waals surface area contributed by atoms with Crippen molar-refractivity contribution in [1.29, 1.82) is 0 Å². The second kappa shape index (κ2) is 8.13. The number of carboxylic acids is 1. The summed E-state index contributed by atoms with van der Waals surface area (Å²) in [5.41, 5.74) is 0.637. The lowest BCUT2D eigenvalue weighted by atomic mass is 10.2. The number of anilines is 1. The molecule has 5 heteroatoms. The van der Waals surface area contributed by atoms with Gasteiger partial charge in [-0.1, -0.05) is 13.3 Å². The van der Waals surface area contributed by atoms with Gasteiger partial charge in [0.05, 0.1) is 13.0 Å². The van der Waals surface area contributed by atoms with E-state index in [-0.39, 0.29) is 18.7 Å². The Labute approximate surface area is 112 Å². The molecule has 0 heterocycles. The molecule has 0 saturated heterocycles. The molecule has 0 aromatic heterocycles. The van der Waals surface area contributed by atoms with Gasteiger partial charge in [-0.3, -0.25) is 9.59 Å². The van der Waals surface area contributed by atoms with Crippen LogP contribution in [0.4, 0.5) is 5.69 Å². The van der Waals surface area contributed by atoms with Gasteiger partial charge in [0, 0.05) is 12.1 Å². The first-order chi connectivity index (χ1) is 9.11. The van der Waals surface area contributed by atoms with Crippen LogP contribution in [0.15, 0.2) is 24.3 Å². The number of hydrogen-bond donors (Lipinski definition) is 2. The fourth-order valence-electron chi connectivity index (χ4n) is 1.41. The molecule has 1 aromatic rings. The summed E-state index contributed by atoms with van der Waals surface area (Å²) in [4.78, 5) is 21.7. The van der Waals surface area contributed by atoms with Crippen molar-refractivity contribution in [2.45, 2.75) is 32.6 Å². The summed E-state index contributed by atoms with van der Waals surface area (Å²) in [5, 5.41) is 11.1. The minimum absolute atomic E-state index is 0.0237. The summed E-state index contributed by atoms with van der Waals surface area (Å²) in [6.45, 7) is 2.78. The number of carboxylic acid groups (broad SMARTS) is 1. The molecular formula is C14H19NO4. The molecule has 19 heavy (non-hydrogen) atoms. The molecule has 0 fully saturated rings. The maximum absolute atomic E-state index is 11.4. The highest BCUT2D eigenvalue weighted by Crippen LogP contribution is 2.16. The molecule has 0 aliphatic carbocycles. The Morgan fingerprint density at radius 3 is 2.47 bits per heavy atom. The van der Waals surface area contributed by atoms with Crippen molar-refractivity contribution < 1.29 is 19.4 Å². The fourth-order valence-corrected chi connectivity index (χ4v) is 1.41. The second-order valence-electron chi connectivity index (χ2n) is 4.17. The monoisotopic (exact) mass is 265 g/mol.